The fourth-order valence-electron chi connectivity index (χ4n) is 6.82. The number of fused-ring (bicyclic) bond motifs is 7. The summed E-state index contributed by atoms with van der Waals surface area (Å²) in [6.07, 6.45) is 2.20. The van der Waals surface area contributed by atoms with Crippen LogP contribution in [0, 0.1) is 0 Å². The zero-order chi connectivity index (χ0) is 27.6. The quantitative estimate of drug-likeness (QED) is 0.221. The second kappa shape index (κ2) is 8.97. The maximum absolute atomic E-state index is 2.36. The molecular formula is C39H30N2. The van der Waals surface area contributed by atoms with Crippen LogP contribution in [0.1, 0.15) is 25.0 Å². The molecule has 2 nitrogen and oxygen atoms in total. The summed E-state index contributed by atoms with van der Waals surface area (Å²) >= 11 is 0. The second-order valence-electron chi connectivity index (χ2n) is 11.5. The van der Waals surface area contributed by atoms with Crippen molar-refractivity contribution in [1.29, 1.82) is 0 Å². The van der Waals surface area contributed by atoms with E-state index < -0.39 is 0 Å². The van der Waals surface area contributed by atoms with Crippen molar-refractivity contribution in [3.8, 4) is 16.8 Å². The molecule has 41 heavy (non-hydrogen) atoms. The molecule has 8 rings (SSSR count). The minimum absolute atomic E-state index is 0.00369. The molecule has 0 spiro atoms. The largest absolute Gasteiger partial charge is 0.316 e. The van der Waals surface area contributed by atoms with E-state index in [-0.39, 0.29) is 5.41 Å². The molecule has 6 aromatic carbocycles. The lowest BCUT2D eigenvalue weighted by atomic mass is 9.82. The minimum Gasteiger partial charge on any atom is -0.316 e. The van der Waals surface area contributed by atoms with E-state index in [9.17, 15) is 0 Å². The van der Waals surface area contributed by atoms with E-state index >= 15 is 0 Å². The van der Waals surface area contributed by atoms with Crippen LogP contribution in [0.25, 0.3) is 38.5 Å². The first-order chi connectivity index (χ1) is 20.1. The van der Waals surface area contributed by atoms with Crippen LogP contribution in [0.2, 0.25) is 0 Å². The van der Waals surface area contributed by atoms with Crippen molar-refractivity contribution in [2.75, 3.05) is 4.90 Å². The second-order valence-corrected chi connectivity index (χ2v) is 11.5. The number of benzene rings is 6. The first kappa shape index (κ1) is 23.8. The smallest absolute Gasteiger partial charge is 0.0607 e. The van der Waals surface area contributed by atoms with Crippen molar-refractivity contribution in [2.45, 2.75) is 19.3 Å². The van der Waals surface area contributed by atoms with E-state index in [1.807, 2.05) is 0 Å². The van der Waals surface area contributed by atoms with E-state index in [1.165, 1.54) is 43.9 Å². The fraction of sp³-hybridized carbons (Fsp3) is 0.0769. The van der Waals surface area contributed by atoms with Gasteiger partial charge in [-0.2, -0.15) is 0 Å². The summed E-state index contributed by atoms with van der Waals surface area (Å²) in [6.45, 7) is 4.70. The molecule has 0 atom stereocenters. The molecule has 0 radical (unpaired) electrons. The standard InChI is InChI=1S/C39H30N2/c1-39(2)35-16-10-9-15-34(35)37-32-22-17-27-25-26-40(38(27)33(32)23-24-36(37)39)28-18-20-31(21-19-28)41(29-11-5-3-6-12-29)30-13-7-4-8-14-30/h3-26H,1-2H3. The van der Waals surface area contributed by atoms with Gasteiger partial charge in [-0.25, -0.2) is 0 Å². The maximum Gasteiger partial charge on any atom is 0.0607 e. The summed E-state index contributed by atoms with van der Waals surface area (Å²) in [6, 6.07) is 50.5. The number of aromatic nitrogens is 1. The number of rotatable bonds is 4. The molecule has 0 N–H and O–H groups in total. The molecule has 0 saturated carbocycles. The normalized spacial score (nSPS) is 13.3. The first-order valence-corrected chi connectivity index (χ1v) is 14.3. The highest BCUT2D eigenvalue weighted by molar-refractivity contribution is 6.13. The molecule has 0 unspecified atom stereocenters. The van der Waals surface area contributed by atoms with Crippen molar-refractivity contribution in [2.24, 2.45) is 0 Å². The van der Waals surface area contributed by atoms with Gasteiger partial charge in [0.25, 0.3) is 0 Å². The molecule has 1 aliphatic carbocycles. The number of hydrogen-bond acceptors (Lipinski definition) is 1. The predicted molar refractivity (Wildman–Crippen MR) is 173 cm³/mol. The molecule has 196 valence electrons. The molecular weight excluding hydrogens is 496 g/mol. The van der Waals surface area contributed by atoms with Crippen LogP contribution >= 0.6 is 0 Å². The summed E-state index contributed by atoms with van der Waals surface area (Å²) in [4.78, 5) is 2.30. The Morgan fingerprint density at radius 3 is 1.83 bits per heavy atom. The van der Waals surface area contributed by atoms with Crippen LogP contribution in [0.15, 0.2) is 146 Å². The maximum atomic E-state index is 2.36. The highest BCUT2D eigenvalue weighted by atomic mass is 15.1. The molecule has 0 saturated heterocycles. The summed E-state index contributed by atoms with van der Waals surface area (Å²) < 4.78 is 2.34. The molecule has 0 fully saturated rings. The highest BCUT2D eigenvalue weighted by Gasteiger charge is 2.36. The average molecular weight is 527 g/mol. The number of hydrogen-bond donors (Lipinski definition) is 0. The average Bonchev–Trinajstić information content (AvgIpc) is 3.56. The third kappa shape index (κ3) is 3.57. The van der Waals surface area contributed by atoms with Gasteiger partial charge in [-0.1, -0.05) is 98.8 Å². The van der Waals surface area contributed by atoms with E-state index in [4.69, 9.17) is 0 Å². The van der Waals surface area contributed by atoms with E-state index in [0.717, 1.165) is 22.7 Å². The van der Waals surface area contributed by atoms with Crippen LogP contribution in [0.4, 0.5) is 17.1 Å². The lowest BCUT2D eigenvalue weighted by Crippen LogP contribution is -2.14. The summed E-state index contributed by atoms with van der Waals surface area (Å²) in [5.74, 6) is 0. The number of anilines is 3. The van der Waals surface area contributed by atoms with Gasteiger partial charge < -0.3 is 9.47 Å². The van der Waals surface area contributed by atoms with E-state index in [1.54, 1.807) is 0 Å². The summed E-state index contributed by atoms with van der Waals surface area (Å²) in [5.41, 5.74) is 11.4. The Morgan fingerprint density at radius 1 is 0.512 bits per heavy atom. The van der Waals surface area contributed by atoms with Crippen LogP contribution in [0.5, 0.6) is 0 Å². The molecule has 0 aliphatic heterocycles. The molecule has 1 aliphatic rings. The van der Waals surface area contributed by atoms with Gasteiger partial charge in [-0.3, -0.25) is 0 Å². The minimum atomic E-state index is -0.00369. The van der Waals surface area contributed by atoms with Crippen LogP contribution in [-0.2, 0) is 5.41 Å². The first-order valence-electron chi connectivity index (χ1n) is 14.3. The molecule has 0 amide bonds. The van der Waals surface area contributed by atoms with Crippen LogP contribution in [0.3, 0.4) is 0 Å². The highest BCUT2D eigenvalue weighted by Crippen LogP contribution is 2.51. The van der Waals surface area contributed by atoms with Crippen molar-refractivity contribution in [3.63, 3.8) is 0 Å². The Kier molecular flexibility index (Phi) is 5.20. The Morgan fingerprint density at radius 2 is 1.12 bits per heavy atom. The van der Waals surface area contributed by atoms with Gasteiger partial charge >= 0.3 is 0 Å². The molecule has 2 heteroatoms. The molecule has 7 aromatic rings. The zero-order valence-electron chi connectivity index (χ0n) is 23.3. The zero-order valence-corrected chi connectivity index (χ0v) is 23.3. The Hall–Kier alpha value is -5.08. The summed E-state index contributed by atoms with van der Waals surface area (Å²) in [5, 5.41) is 3.87. The van der Waals surface area contributed by atoms with E-state index in [2.05, 4.69) is 169 Å². The van der Waals surface area contributed by atoms with E-state index in [0.29, 0.717) is 0 Å². The van der Waals surface area contributed by atoms with Crippen molar-refractivity contribution in [3.05, 3.63) is 157 Å². The van der Waals surface area contributed by atoms with Gasteiger partial charge in [0.2, 0.25) is 0 Å². The van der Waals surface area contributed by atoms with Crippen molar-refractivity contribution in [1.82, 2.24) is 4.57 Å². The van der Waals surface area contributed by atoms with Crippen molar-refractivity contribution < 1.29 is 0 Å². The predicted octanol–water partition coefficient (Wildman–Crippen LogP) is 10.6. The lowest BCUT2D eigenvalue weighted by molar-refractivity contribution is 0.661. The van der Waals surface area contributed by atoms with Gasteiger partial charge in [-0.15, -0.1) is 0 Å². The molecule has 0 bridgehead atoms. The van der Waals surface area contributed by atoms with Gasteiger partial charge in [0.1, 0.15) is 0 Å². The van der Waals surface area contributed by atoms with Gasteiger partial charge in [0.05, 0.1) is 5.52 Å². The van der Waals surface area contributed by atoms with Gasteiger partial charge in [0.15, 0.2) is 0 Å². The SMILES string of the molecule is CC1(C)c2ccccc2-c2c1ccc1c2ccc2ccn(-c3ccc(N(c4ccccc4)c4ccccc4)cc3)c21. The molecule has 1 aromatic heterocycles. The monoisotopic (exact) mass is 526 g/mol. The Balaban J connectivity index is 1.28. The lowest BCUT2D eigenvalue weighted by Gasteiger charge is -2.25. The topological polar surface area (TPSA) is 8.17 Å². The summed E-state index contributed by atoms with van der Waals surface area (Å²) in [7, 11) is 0. The fourth-order valence-corrected chi connectivity index (χ4v) is 6.82. The molecule has 1 heterocycles. The number of nitrogens with zero attached hydrogens (tertiary/aromatic N) is 2. The third-order valence-corrected chi connectivity index (χ3v) is 8.81. The van der Waals surface area contributed by atoms with Gasteiger partial charge in [0, 0.05) is 45.1 Å². The van der Waals surface area contributed by atoms with Crippen LogP contribution in [-0.4, -0.2) is 4.57 Å². The number of para-hydroxylation sites is 2. The Bertz CT molecular complexity index is 2010. The van der Waals surface area contributed by atoms with Crippen LogP contribution < -0.4 is 4.90 Å². The Labute approximate surface area is 240 Å². The van der Waals surface area contributed by atoms with Crippen molar-refractivity contribution >= 4 is 38.7 Å². The third-order valence-electron chi connectivity index (χ3n) is 8.81. The van der Waals surface area contributed by atoms with Gasteiger partial charge in [-0.05, 0) is 82.2 Å².